The van der Waals surface area contributed by atoms with Crippen LogP contribution in [-0.4, -0.2) is 69.2 Å². The number of hydrogen-bond donors (Lipinski definition) is 2. The number of piperazine rings is 1. The summed E-state index contributed by atoms with van der Waals surface area (Å²) < 4.78 is 31.7. The zero-order valence-corrected chi connectivity index (χ0v) is 18.3. The zero-order chi connectivity index (χ0) is 24.3. The zero-order valence-electron chi connectivity index (χ0n) is 18.3. The second-order valence-electron chi connectivity index (χ2n) is 8.17. The van der Waals surface area contributed by atoms with E-state index in [9.17, 15) is 18.0 Å². The first-order chi connectivity index (χ1) is 16.3. The molecule has 0 spiro atoms. The number of carboxylic acids is 1. The molecule has 8 nitrogen and oxygen atoms in total. The van der Waals surface area contributed by atoms with E-state index in [1.54, 1.807) is 12.4 Å². The first kappa shape index (κ1) is 23.5. The van der Waals surface area contributed by atoms with Crippen molar-refractivity contribution in [2.45, 2.75) is 31.4 Å². The minimum atomic E-state index is -5.08. The Morgan fingerprint density at radius 1 is 1.03 bits per heavy atom. The molecule has 2 N–H and O–H groups in total. The molecule has 11 heteroatoms. The number of carbonyl (C=O) groups excluding carboxylic acids is 1. The van der Waals surface area contributed by atoms with E-state index in [0.29, 0.717) is 0 Å². The number of carboxylic acid groups (broad SMARTS) is 1. The maximum atomic E-state index is 13.3. The van der Waals surface area contributed by atoms with E-state index in [0.717, 1.165) is 62.6 Å². The lowest BCUT2D eigenvalue weighted by atomic mass is 9.85. The summed E-state index contributed by atoms with van der Waals surface area (Å²) in [4.78, 5) is 38.5. The maximum absolute atomic E-state index is 13.3. The smallest absolute Gasteiger partial charge is 0.475 e. The molecule has 1 fully saturated rings. The van der Waals surface area contributed by atoms with Crippen molar-refractivity contribution in [2.75, 3.05) is 31.1 Å². The molecular formula is C23H24F3N5O3. The van der Waals surface area contributed by atoms with Crippen molar-refractivity contribution in [3.8, 4) is 0 Å². The summed E-state index contributed by atoms with van der Waals surface area (Å²) in [5.74, 6) is -1.79. The van der Waals surface area contributed by atoms with E-state index in [1.165, 1.54) is 10.9 Å². The van der Waals surface area contributed by atoms with Gasteiger partial charge in [0.05, 0.1) is 5.92 Å². The Labute approximate surface area is 193 Å². The molecule has 1 aromatic carbocycles. The van der Waals surface area contributed by atoms with Gasteiger partial charge in [-0.1, -0.05) is 18.2 Å². The summed E-state index contributed by atoms with van der Waals surface area (Å²) in [6.07, 6.45) is 1.50. The van der Waals surface area contributed by atoms with E-state index >= 15 is 0 Å². The second-order valence-corrected chi connectivity index (χ2v) is 8.17. The Morgan fingerprint density at radius 3 is 2.32 bits per heavy atom. The van der Waals surface area contributed by atoms with Crippen LogP contribution >= 0.6 is 0 Å². The molecule has 0 bridgehead atoms. The number of aromatic nitrogens is 3. The Kier molecular flexibility index (Phi) is 6.71. The lowest BCUT2D eigenvalue weighted by Crippen LogP contribution is -2.50. The lowest BCUT2D eigenvalue weighted by molar-refractivity contribution is -0.192. The van der Waals surface area contributed by atoms with Gasteiger partial charge in [0.2, 0.25) is 11.9 Å². The number of aryl methyl sites for hydroxylation is 1. The van der Waals surface area contributed by atoms with E-state index in [1.807, 2.05) is 17.0 Å². The van der Waals surface area contributed by atoms with Crippen molar-refractivity contribution in [2.24, 2.45) is 0 Å². The average molecular weight is 475 g/mol. The highest BCUT2D eigenvalue weighted by Crippen LogP contribution is 2.37. The van der Waals surface area contributed by atoms with Gasteiger partial charge in [0.1, 0.15) is 0 Å². The molecule has 1 aliphatic carbocycles. The van der Waals surface area contributed by atoms with Gasteiger partial charge in [-0.05, 0) is 37.0 Å². The molecule has 180 valence electrons. The van der Waals surface area contributed by atoms with Gasteiger partial charge in [0.15, 0.2) is 0 Å². The number of H-pyrrole nitrogens is 1. The third-order valence-corrected chi connectivity index (χ3v) is 6.08. The Morgan fingerprint density at radius 2 is 1.68 bits per heavy atom. The molecular weight excluding hydrogens is 451 g/mol. The molecule has 1 saturated heterocycles. The van der Waals surface area contributed by atoms with Crippen LogP contribution in [0.25, 0.3) is 10.9 Å². The molecule has 0 radical (unpaired) electrons. The SMILES string of the molecule is O=C(C1CCCc2c1[nH]c1ccccc21)N1CCN(c2ncccn2)CC1.O=C(O)C(F)(F)F. The molecule has 34 heavy (non-hydrogen) atoms. The minimum absolute atomic E-state index is 0.0410. The predicted molar refractivity (Wildman–Crippen MR) is 118 cm³/mol. The average Bonchev–Trinajstić information content (AvgIpc) is 3.23. The largest absolute Gasteiger partial charge is 0.490 e. The van der Waals surface area contributed by atoms with Crippen LogP contribution in [0, 0.1) is 0 Å². The number of halogens is 3. The Hall–Kier alpha value is -3.63. The van der Waals surface area contributed by atoms with E-state index < -0.39 is 12.1 Å². The summed E-state index contributed by atoms with van der Waals surface area (Å²) in [6.45, 7) is 3.01. The van der Waals surface area contributed by atoms with Crippen molar-refractivity contribution in [1.29, 1.82) is 0 Å². The van der Waals surface area contributed by atoms with E-state index in [2.05, 4.69) is 38.1 Å². The maximum Gasteiger partial charge on any atom is 0.490 e. The Balaban J connectivity index is 0.000000344. The highest BCUT2D eigenvalue weighted by atomic mass is 19.4. The number of nitrogens with one attached hydrogen (secondary N) is 1. The monoisotopic (exact) mass is 475 g/mol. The number of anilines is 1. The van der Waals surface area contributed by atoms with Crippen LogP contribution in [0.2, 0.25) is 0 Å². The van der Waals surface area contributed by atoms with Crippen LogP contribution < -0.4 is 4.90 Å². The van der Waals surface area contributed by atoms with Crippen LogP contribution in [0.1, 0.15) is 30.0 Å². The summed E-state index contributed by atoms with van der Waals surface area (Å²) in [5.41, 5.74) is 3.63. The van der Waals surface area contributed by atoms with Gasteiger partial charge < -0.3 is 19.9 Å². The van der Waals surface area contributed by atoms with Gasteiger partial charge in [0, 0.05) is 55.2 Å². The molecule has 2 aromatic heterocycles. The minimum Gasteiger partial charge on any atom is -0.475 e. The van der Waals surface area contributed by atoms with Crippen LogP contribution in [0.3, 0.4) is 0 Å². The van der Waals surface area contributed by atoms with Crippen LogP contribution in [-0.2, 0) is 16.0 Å². The van der Waals surface area contributed by atoms with Crippen molar-refractivity contribution in [1.82, 2.24) is 19.9 Å². The summed E-state index contributed by atoms with van der Waals surface area (Å²) >= 11 is 0. The molecule has 1 atom stereocenters. The topological polar surface area (TPSA) is 102 Å². The number of carbonyl (C=O) groups is 2. The molecule has 2 aliphatic rings. The van der Waals surface area contributed by atoms with Crippen LogP contribution in [0.4, 0.5) is 19.1 Å². The number of rotatable bonds is 2. The van der Waals surface area contributed by atoms with Gasteiger partial charge in [-0.15, -0.1) is 0 Å². The first-order valence-electron chi connectivity index (χ1n) is 11.0. The number of nitrogens with zero attached hydrogens (tertiary/aromatic N) is 4. The fourth-order valence-electron chi connectivity index (χ4n) is 4.46. The van der Waals surface area contributed by atoms with Gasteiger partial charge >= 0.3 is 12.1 Å². The van der Waals surface area contributed by atoms with Crippen molar-refractivity contribution >= 4 is 28.7 Å². The fourth-order valence-corrected chi connectivity index (χ4v) is 4.46. The molecule has 1 amide bonds. The lowest BCUT2D eigenvalue weighted by Gasteiger charge is -2.37. The molecule has 1 aliphatic heterocycles. The van der Waals surface area contributed by atoms with Crippen LogP contribution in [0.5, 0.6) is 0 Å². The standard InChI is InChI=1S/C21H23N5O.C2HF3O2/c27-20(25-11-13-26(14-12-25)21-22-9-4-10-23-21)17-7-3-6-16-15-5-1-2-8-18(15)24-19(16)17;3-2(4,5)1(6)7/h1-2,4-5,8-10,17,24H,3,6-7,11-14H2;(H,6,7). The van der Waals surface area contributed by atoms with Crippen molar-refractivity contribution in [3.05, 3.63) is 54.0 Å². The number of fused-ring (bicyclic) bond motifs is 3. The first-order valence-corrected chi connectivity index (χ1v) is 11.0. The number of hydrogen-bond acceptors (Lipinski definition) is 5. The van der Waals surface area contributed by atoms with Gasteiger partial charge in [-0.3, -0.25) is 4.79 Å². The highest BCUT2D eigenvalue weighted by molar-refractivity contribution is 5.90. The number of alkyl halides is 3. The summed E-state index contributed by atoms with van der Waals surface area (Å²) in [6, 6.07) is 10.2. The molecule has 0 saturated carbocycles. The third-order valence-electron chi connectivity index (χ3n) is 6.08. The van der Waals surface area contributed by atoms with E-state index in [4.69, 9.17) is 9.90 Å². The molecule has 3 heterocycles. The van der Waals surface area contributed by atoms with Crippen molar-refractivity contribution in [3.63, 3.8) is 0 Å². The van der Waals surface area contributed by atoms with Crippen LogP contribution in [0.15, 0.2) is 42.7 Å². The number of amides is 1. The number of aromatic amines is 1. The van der Waals surface area contributed by atoms with E-state index in [-0.39, 0.29) is 11.8 Å². The van der Waals surface area contributed by atoms with Crippen molar-refractivity contribution < 1.29 is 27.9 Å². The third kappa shape index (κ3) is 4.97. The molecule has 1 unspecified atom stereocenters. The second kappa shape index (κ2) is 9.70. The van der Waals surface area contributed by atoms with Gasteiger partial charge in [-0.25, -0.2) is 14.8 Å². The predicted octanol–water partition coefficient (Wildman–Crippen LogP) is 3.36. The molecule has 3 aromatic rings. The molecule has 5 rings (SSSR count). The highest BCUT2D eigenvalue weighted by Gasteiger charge is 2.38. The Bertz CT molecular complexity index is 1160. The quantitative estimate of drug-likeness (QED) is 0.589. The summed E-state index contributed by atoms with van der Waals surface area (Å²) in [7, 11) is 0. The van der Waals surface area contributed by atoms with Gasteiger partial charge in [-0.2, -0.15) is 13.2 Å². The number of para-hydroxylation sites is 1. The van der Waals surface area contributed by atoms with Gasteiger partial charge in [0.25, 0.3) is 0 Å². The normalized spacial score (nSPS) is 18.1. The summed E-state index contributed by atoms with van der Waals surface area (Å²) in [5, 5.41) is 8.40. The fraction of sp³-hybridized carbons (Fsp3) is 0.391. The number of aliphatic carboxylic acids is 1. The number of benzene rings is 1.